The second-order valence-corrected chi connectivity index (χ2v) is 5.25. The fraction of sp³-hybridized carbons (Fsp3) is 0.462. The van der Waals surface area contributed by atoms with Crippen molar-refractivity contribution in [3.8, 4) is 6.07 Å². The van der Waals surface area contributed by atoms with Crippen molar-refractivity contribution in [3.05, 3.63) is 29.3 Å². The van der Waals surface area contributed by atoms with Crippen LogP contribution in [0.5, 0.6) is 0 Å². The van der Waals surface area contributed by atoms with Gasteiger partial charge in [0, 0.05) is 10.6 Å². The Balaban J connectivity index is 2.32. The molecule has 1 aromatic rings. The van der Waals surface area contributed by atoms with E-state index in [4.69, 9.17) is 16.9 Å². The molecular formula is C13H17ClN2S. The van der Waals surface area contributed by atoms with Crippen molar-refractivity contribution < 1.29 is 0 Å². The molecule has 0 aromatic heterocycles. The highest BCUT2D eigenvalue weighted by molar-refractivity contribution is 7.99. The van der Waals surface area contributed by atoms with Crippen LogP contribution in [0.2, 0.25) is 5.02 Å². The van der Waals surface area contributed by atoms with E-state index in [0.29, 0.717) is 0 Å². The van der Waals surface area contributed by atoms with Crippen molar-refractivity contribution in [1.29, 1.82) is 5.26 Å². The van der Waals surface area contributed by atoms with Gasteiger partial charge in [-0.2, -0.15) is 5.26 Å². The molecule has 1 N–H and O–H groups in total. The van der Waals surface area contributed by atoms with Gasteiger partial charge in [-0.1, -0.05) is 30.7 Å². The monoisotopic (exact) mass is 268 g/mol. The predicted octanol–water partition coefficient (Wildman–Crippen LogP) is 3.71. The van der Waals surface area contributed by atoms with Crippen LogP contribution in [0.4, 0.5) is 0 Å². The summed E-state index contributed by atoms with van der Waals surface area (Å²) in [6.07, 6.45) is 1.89. The van der Waals surface area contributed by atoms with Gasteiger partial charge in [0.15, 0.2) is 0 Å². The summed E-state index contributed by atoms with van der Waals surface area (Å²) < 4.78 is 0. The van der Waals surface area contributed by atoms with Crippen LogP contribution in [0.1, 0.15) is 19.8 Å². The van der Waals surface area contributed by atoms with Crippen molar-refractivity contribution in [2.75, 3.05) is 12.3 Å². The average molecular weight is 269 g/mol. The zero-order valence-electron chi connectivity index (χ0n) is 9.95. The predicted molar refractivity (Wildman–Crippen MR) is 74.5 cm³/mol. The van der Waals surface area contributed by atoms with Crippen LogP contribution in [-0.2, 0) is 0 Å². The molecule has 0 amide bonds. The van der Waals surface area contributed by atoms with E-state index in [1.54, 1.807) is 11.8 Å². The highest BCUT2D eigenvalue weighted by Crippen LogP contribution is 2.27. The first kappa shape index (κ1) is 14.4. The number of thioether (sulfide) groups is 1. The molecule has 1 unspecified atom stereocenters. The number of hydrogen-bond donors (Lipinski definition) is 1. The summed E-state index contributed by atoms with van der Waals surface area (Å²) in [5, 5.41) is 13.0. The highest BCUT2D eigenvalue weighted by atomic mass is 35.5. The molecule has 0 heterocycles. The van der Waals surface area contributed by atoms with E-state index >= 15 is 0 Å². The Labute approximate surface area is 112 Å². The second kappa shape index (κ2) is 8.41. The molecule has 0 aliphatic rings. The molecule has 0 radical (unpaired) electrons. The van der Waals surface area contributed by atoms with Gasteiger partial charge in [0.2, 0.25) is 0 Å². The van der Waals surface area contributed by atoms with Gasteiger partial charge >= 0.3 is 0 Å². The lowest BCUT2D eigenvalue weighted by Crippen LogP contribution is -2.28. The van der Waals surface area contributed by atoms with Gasteiger partial charge in [0.25, 0.3) is 0 Å². The number of nitrogens with one attached hydrogen (secondary N) is 1. The minimum Gasteiger partial charge on any atom is -0.302 e. The van der Waals surface area contributed by atoms with Gasteiger partial charge in [-0.15, -0.1) is 11.8 Å². The fourth-order valence-electron chi connectivity index (χ4n) is 1.38. The normalized spacial score (nSPS) is 12.1. The average Bonchev–Trinajstić information content (AvgIpc) is 2.35. The van der Waals surface area contributed by atoms with Gasteiger partial charge in [-0.25, -0.2) is 0 Å². The first-order valence-corrected chi connectivity index (χ1v) is 7.14. The van der Waals surface area contributed by atoms with E-state index in [1.807, 2.05) is 24.3 Å². The lowest BCUT2D eigenvalue weighted by Gasteiger charge is -2.10. The van der Waals surface area contributed by atoms with Crippen LogP contribution < -0.4 is 5.32 Å². The molecule has 0 aliphatic carbocycles. The Bertz CT molecular complexity index is 376. The largest absolute Gasteiger partial charge is 0.302 e. The van der Waals surface area contributed by atoms with Gasteiger partial charge in [-0.05, 0) is 31.5 Å². The molecule has 1 rings (SSSR count). The Morgan fingerprint density at radius 1 is 1.47 bits per heavy atom. The van der Waals surface area contributed by atoms with E-state index in [-0.39, 0.29) is 6.04 Å². The smallest absolute Gasteiger partial charge is 0.0961 e. The third-order valence-electron chi connectivity index (χ3n) is 2.30. The fourth-order valence-corrected chi connectivity index (χ4v) is 2.63. The van der Waals surface area contributed by atoms with Crippen LogP contribution in [0.3, 0.4) is 0 Å². The third-order valence-corrected chi connectivity index (χ3v) is 3.85. The number of halogens is 1. The summed E-state index contributed by atoms with van der Waals surface area (Å²) in [7, 11) is 0. The Hall–Kier alpha value is -0.690. The molecule has 0 spiro atoms. The van der Waals surface area contributed by atoms with E-state index in [1.165, 1.54) is 0 Å². The van der Waals surface area contributed by atoms with Crippen LogP contribution in [0.15, 0.2) is 29.2 Å². The molecular weight excluding hydrogens is 252 g/mol. The molecule has 92 valence electrons. The molecule has 4 heteroatoms. The minimum absolute atomic E-state index is 0.0510. The van der Waals surface area contributed by atoms with Crippen molar-refractivity contribution in [3.63, 3.8) is 0 Å². The summed E-state index contributed by atoms with van der Waals surface area (Å²) >= 11 is 7.76. The number of rotatable bonds is 7. The van der Waals surface area contributed by atoms with Crippen LogP contribution >= 0.6 is 23.4 Å². The Kier molecular flexibility index (Phi) is 7.11. The van der Waals surface area contributed by atoms with Crippen LogP contribution in [0, 0.1) is 11.3 Å². The van der Waals surface area contributed by atoms with Crippen LogP contribution in [0.25, 0.3) is 0 Å². The lowest BCUT2D eigenvalue weighted by atomic mass is 10.2. The van der Waals surface area contributed by atoms with E-state index in [9.17, 15) is 0 Å². The zero-order valence-corrected chi connectivity index (χ0v) is 11.5. The quantitative estimate of drug-likeness (QED) is 0.766. The van der Waals surface area contributed by atoms with Crippen molar-refractivity contribution in [1.82, 2.24) is 5.32 Å². The molecule has 1 atom stereocenters. The van der Waals surface area contributed by atoms with Gasteiger partial charge in [-0.3, -0.25) is 0 Å². The molecule has 0 bridgehead atoms. The SMILES string of the molecule is CCCNC(C#N)CCSc1ccccc1Cl. The molecule has 0 saturated carbocycles. The molecule has 17 heavy (non-hydrogen) atoms. The maximum atomic E-state index is 8.96. The minimum atomic E-state index is -0.0510. The van der Waals surface area contributed by atoms with Crippen molar-refractivity contribution >= 4 is 23.4 Å². The summed E-state index contributed by atoms with van der Waals surface area (Å²) in [6, 6.07) is 10.0. The third kappa shape index (κ3) is 5.45. The number of benzene rings is 1. The summed E-state index contributed by atoms with van der Waals surface area (Å²) in [5.41, 5.74) is 0. The van der Waals surface area contributed by atoms with E-state index in [2.05, 4.69) is 18.3 Å². The van der Waals surface area contributed by atoms with Gasteiger partial charge in [0.1, 0.15) is 0 Å². The topological polar surface area (TPSA) is 35.8 Å². The van der Waals surface area contributed by atoms with Crippen molar-refractivity contribution in [2.45, 2.75) is 30.7 Å². The van der Waals surface area contributed by atoms with Gasteiger partial charge in [0.05, 0.1) is 17.1 Å². The van der Waals surface area contributed by atoms with E-state index in [0.717, 1.165) is 35.1 Å². The summed E-state index contributed by atoms with van der Waals surface area (Å²) in [6.45, 7) is 2.99. The zero-order chi connectivity index (χ0) is 12.5. The number of nitrogens with zero attached hydrogens (tertiary/aromatic N) is 1. The highest BCUT2D eigenvalue weighted by Gasteiger charge is 2.06. The van der Waals surface area contributed by atoms with Crippen LogP contribution in [-0.4, -0.2) is 18.3 Å². The summed E-state index contributed by atoms with van der Waals surface area (Å²) in [4.78, 5) is 1.08. The Morgan fingerprint density at radius 2 is 2.24 bits per heavy atom. The molecule has 0 fully saturated rings. The lowest BCUT2D eigenvalue weighted by molar-refractivity contribution is 0.585. The molecule has 0 saturated heterocycles. The number of hydrogen-bond acceptors (Lipinski definition) is 3. The Morgan fingerprint density at radius 3 is 2.88 bits per heavy atom. The molecule has 1 aromatic carbocycles. The maximum Gasteiger partial charge on any atom is 0.0961 e. The first-order valence-electron chi connectivity index (χ1n) is 5.78. The summed E-state index contributed by atoms with van der Waals surface area (Å²) in [5.74, 6) is 0.901. The van der Waals surface area contributed by atoms with E-state index < -0.39 is 0 Å². The first-order chi connectivity index (χ1) is 8.27. The maximum absolute atomic E-state index is 8.96. The number of nitriles is 1. The second-order valence-electron chi connectivity index (χ2n) is 3.70. The standard InChI is InChI=1S/C13H17ClN2S/c1-2-8-16-11(10-15)7-9-17-13-6-4-3-5-12(13)14/h3-6,11,16H,2,7-9H2,1H3. The molecule has 0 aliphatic heterocycles. The van der Waals surface area contributed by atoms with Crippen molar-refractivity contribution in [2.24, 2.45) is 0 Å². The molecule has 2 nitrogen and oxygen atoms in total. The van der Waals surface area contributed by atoms with Gasteiger partial charge < -0.3 is 5.32 Å².